The highest BCUT2D eigenvalue weighted by molar-refractivity contribution is 7.99. The highest BCUT2D eigenvalue weighted by atomic mass is 32.2. The Hall–Kier alpha value is -2.31. The van der Waals surface area contributed by atoms with Gasteiger partial charge >= 0.3 is 23.9 Å². The van der Waals surface area contributed by atoms with Crippen LogP contribution in [0.2, 0.25) is 0 Å². The van der Waals surface area contributed by atoms with E-state index in [1.807, 2.05) is 0 Å². The van der Waals surface area contributed by atoms with Crippen molar-refractivity contribution in [3.05, 3.63) is 11.6 Å². The van der Waals surface area contributed by atoms with Crippen LogP contribution in [0.4, 0.5) is 0 Å². The monoisotopic (exact) mass is 997 g/mol. The van der Waals surface area contributed by atoms with Gasteiger partial charge in [0.1, 0.15) is 18.1 Å². The van der Waals surface area contributed by atoms with Crippen molar-refractivity contribution < 1.29 is 71.3 Å². The second-order valence-electron chi connectivity index (χ2n) is 21.0. The van der Waals surface area contributed by atoms with E-state index in [1.54, 1.807) is 5.57 Å². The standard InChI is InChI=1S/C53H88O15S/c1-35(2)11-10-12-36(3)44-15-16-45-43-14-13-41-33-42(17-19-52(41,8)46(43)18-20-53(44,45)9)63-30-29-61-26-25-59-22-21-58-23-24-60-27-28-62-31-32-69-51-50(67-40(7)57)49(66-39(6)56)48(65-38(5)55)47(68-51)34-64-37(4)54/h13,35-36,42-51H,10-12,14-34H2,1-9H3/t36-,42-,43+,44-,45+,46+,47-,48+,49+,50-,51+,52+,53-/m1/s1. The normalized spacial score (nSPS) is 32.3. The van der Waals surface area contributed by atoms with E-state index in [2.05, 4.69) is 40.7 Å². The van der Waals surface area contributed by atoms with Gasteiger partial charge in [-0.15, -0.1) is 11.8 Å². The number of carbonyl (C=O) groups is 4. The third-order valence-corrected chi connectivity index (χ3v) is 16.9. The Labute approximate surface area is 417 Å². The van der Waals surface area contributed by atoms with Crippen molar-refractivity contribution in [2.45, 2.75) is 169 Å². The van der Waals surface area contributed by atoms with Gasteiger partial charge in [-0.1, -0.05) is 65.5 Å². The third-order valence-electron chi connectivity index (χ3n) is 15.8. The Kier molecular flexibility index (Phi) is 24.0. The average Bonchev–Trinajstić information content (AvgIpc) is 3.65. The minimum Gasteiger partial charge on any atom is -0.463 e. The SMILES string of the molecule is CC(=O)OC[C@H]1O[C@@H](SCCOCCOCCOCCOCCOCCO[C@@H]2CC[C@@]3(C)C(=CC[C@H]4[C@@H]5CC[C@H]([C@H](C)CCCC(C)C)[C@@]5(C)CC[C@@H]43)C2)[C@H](OC(C)=O)[C@@H](OC(C)=O)[C@H]1OC(C)=O. The van der Waals surface area contributed by atoms with Crippen molar-refractivity contribution in [3.63, 3.8) is 0 Å². The Bertz CT molecular complexity index is 1630. The van der Waals surface area contributed by atoms with Crippen LogP contribution >= 0.6 is 11.8 Å². The van der Waals surface area contributed by atoms with Crippen molar-refractivity contribution in [2.75, 3.05) is 85.0 Å². The molecule has 0 bridgehead atoms. The summed E-state index contributed by atoms with van der Waals surface area (Å²) in [5, 5.41) is 0. The minimum absolute atomic E-state index is 0.274. The number of esters is 4. The molecular weight excluding hydrogens is 909 g/mol. The topological polar surface area (TPSA) is 170 Å². The number of allylic oxidation sites excluding steroid dienone is 1. The van der Waals surface area contributed by atoms with Crippen LogP contribution in [-0.4, -0.2) is 145 Å². The molecule has 1 aliphatic heterocycles. The van der Waals surface area contributed by atoms with Gasteiger partial charge in [0.2, 0.25) is 0 Å². The van der Waals surface area contributed by atoms with Crippen LogP contribution in [0.1, 0.15) is 133 Å². The highest BCUT2D eigenvalue weighted by Gasteiger charge is 2.59. The summed E-state index contributed by atoms with van der Waals surface area (Å²) in [6.07, 6.45) is 13.1. The molecule has 0 unspecified atom stereocenters. The molecule has 0 amide bonds. The minimum atomic E-state index is -1.20. The summed E-state index contributed by atoms with van der Waals surface area (Å²) in [5.74, 6) is 2.99. The van der Waals surface area contributed by atoms with Gasteiger partial charge in [0.05, 0.1) is 78.8 Å². The van der Waals surface area contributed by atoms with E-state index in [1.165, 1.54) is 97.2 Å². The molecule has 3 saturated carbocycles. The summed E-state index contributed by atoms with van der Waals surface area (Å²) in [4.78, 5) is 47.6. The van der Waals surface area contributed by atoms with Crippen LogP contribution in [0.15, 0.2) is 11.6 Å². The summed E-state index contributed by atoms with van der Waals surface area (Å²) in [7, 11) is 0. The molecular formula is C53H88O15S. The first kappa shape index (κ1) is 57.6. The molecule has 0 aromatic carbocycles. The lowest BCUT2D eigenvalue weighted by Gasteiger charge is -2.58. The van der Waals surface area contributed by atoms with Crippen molar-refractivity contribution in [2.24, 2.45) is 46.3 Å². The fourth-order valence-electron chi connectivity index (χ4n) is 12.6. The van der Waals surface area contributed by atoms with E-state index in [9.17, 15) is 19.2 Å². The first-order valence-corrected chi connectivity index (χ1v) is 27.2. The molecule has 13 atom stereocenters. The van der Waals surface area contributed by atoms with Crippen LogP contribution < -0.4 is 0 Å². The third kappa shape index (κ3) is 17.1. The predicted molar refractivity (Wildman–Crippen MR) is 261 cm³/mol. The first-order valence-electron chi connectivity index (χ1n) is 26.1. The molecule has 0 N–H and O–H groups in total. The number of thioether (sulfide) groups is 1. The molecule has 16 heteroatoms. The number of hydrogen-bond acceptors (Lipinski definition) is 16. The van der Waals surface area contributed by atoms with E-state index in [0.717, 1.165) is 48.3 Å². The molecule has 0 aromatic heterocycles. The largest absolute Gasteiger partial charge is 0.463 e. The molecule has 4 aliphatic carbocycles. The lowest BCUT2D eigenvalue weighted by atomic mass is 9.47. The highest BCUT2D eigenvalue weighted by Crippen LogP contribution is 2.67. The van der Waals surface area contributed by atoms with Crippen molar-refractivity contribution in [1.82, 2.24) is 0 Å². The van der Waals surface area contributed by atoms with E-state index in [0.29, 0.717) is 89.3 Å². The van der Waals surface area contributed by atoms with Gasteiger partial charge in [0.15, 0.2) is 18.3 Å². The molecule has 4 fully saturated rings. The quantitative estimate of drug-likeness (QED) is 0.0291. The Morgan fingerprint density at radius 1 is 0.667 bits per heavy atom. The van der Waals surface area contributed by atoms with Gasteiger partial charge in [0, 0.05) is 33.4 Å². The van der Waals surface area contributed by atoms with Crippen LogP contribution in [0.3, 0.4) is 0 Å². The maximum atomic E-state index is 12.0. The fraction of sp³-hybridized carbons (Fsp3) is 0.887. The van der Waals surface area contributed by atoms with E-state index < -0.39 is 53.7 Å². The molecule has 0 aromatic rings. The van der Waals surface area contributed by atoms with E-state index >= 15 is 0 Å². The summed E-state index contributed by atoms with van der Waals surface area (Å²) >= 11 is 1.25. The van der Waals surface area contributed by atoms with E-state index in [-0.39, 0.29) is 12.7 Å². The smallest absolute Gasteiger partial charge is 0.303 e. The number of rotatable bonds is 30. The molecule has 0 spiro atoms. The lowest BCUT2D eigenvalue weighted by molar-refractivity contribution is -0.237. The summed E-state index contributed by atoms with van der Waals surface area (Å²) in [6, 6.07) is 0. The molecule has 1 saturated heterocycles. The lowest BCUT2D eigenvalue weighted by Crippen LogP contribution is -2.61. The Balaban J connectivity index is 0.862. The molecule has 1 heterocycles. The molecule has 5 rings (SSSR count). The summed E-state index contributed by atoms with van der Waals surface area (Å²) < 4.78 is 62.5. The number of ether oxygens (including phenoxy) is 11. The second kappa shape index (κ2) is 28.8. The van der Waals surface area contributed by atoms with Crippen LogP contribution in [-0.2, 0) is 71.3 Å². The molecule has 396 valence electrons. The van der Waals surface area contributed by atoms with Gasteiger partial charge in [0.25, 0.3) is 0 Å². The van der Waals surface area contributed by atoms with Gasteiger partial charge < -0.3 is 52.1 Å². The zero-order valence-corrected chi connectivity index (χ0v) is 44.3. The van der Waals surface area contributed by atoms with Gasteiger partial charge in [-0.25, -0.2) is 0 Å². The van der Waals surface area contributed by atoms with Crippen molar-refractivity contribution in [3.8, 4) is 0 Å². The number of hydrogen-bond donors (Lipinski definition) is 0. The van der Waals surface area contributed by atoms with Gasteiger partial charge in [-0.05, 0) is 97.7 Å². The fourth-order valence-corrected chi connectivity index (χ4v) is 13.7. The summed E-state index contributed by atoms with van der Waals surface area (Å²) in [6.45, 7) is 22.1. The van der Waals surface area contributed by atoms with Gasteiger partial charge in [-0.2, -0.15) is 0 Å². The zero-order valence-electron chi connectivity index (χ0n) is 43.5. The average molecular weight is 997 g/mol. The summed E-state index contributed by atoms with van der Waals surface area (Å²) in [5.41, 5.74) is 1.70. The van der Waals surface area contributed by atoms with Crippen molar-refractivity contribution in [1.29, 1.82) is 0 Å². The molecule has 0 radical (unpaired) electrons. The first-order chi connectivity index (χ1) is 33.0. The molecule has 5 aliphatic rings. The Morgan fingerprint density at radius 3 is 1.84 bits per heavy atom. The molecule has 15 nitrogen and oxygen atoms in total. The van der Waals surface area contributed by atoms with Crippen LogP contribution in [0.5, 0.6) is 0 Å². The number of carbonyl (C=O) groups excluding carboxylic acids is 4. The molecule has 69 heavy (non-hydrogen) atoms. The maximum absolute atomic E-state index is 12.0. The van der Waals surface area contributed by atoms with E-state index in [4.69, 9.17) is 52.1 Å². The Morgan fingerprint density at radius 2 is 1.25 bits per heavy atom. The number of fused-ring (bicyclic) bond motifs is 5. The van der Waals surface area contributed by atoms with Crippen LogP contribution in [0.25, 0.3) is 0 Å². The predicted octanol–water partition coefficient (Wildman–Crippen LogP) is 8.31. The second-order valence-corrected chi connectivity index (χ2v) is 22.2. The maximum Gasteiger partial charge on any atom is 0.303 e. The van der Waals surface area contributed by atoms with Gasteiger partial charge in [-0.3, -0.25) is 19.2 Å². The van der Waals surface area contributed by atoms with Crippen molar-refractivity contribution >= 4 is 35.6 Å². The van der Waals surface area contributed by atoms with Crippen LogP contribution in [0, 0.1) is 46.3 Å². The zero-order chi connectivity index (χ0) is 50.0.